The maximum Gasteiger partial charge on any atom is 0.135 e. The number of nitrogens with zero attached hydrogens (tertiary/aromatic N) is 1. The van der Waals surface area contributed by atoms with Crippen LogP contribution >= 0.6 is 0 Å². The highest BCUT2D eigenvalue weighted by molar-refractivity contribution is 6.22. The number of hydrogen-bond acceptors (Lipinski definition) is 1. The molecule has 1 aromatic heterocycles. The minimum absolute atomic E-state index is 0.0492. The third-order valence-corrected chi connectivity index (χ3v) is 7.93. The standard InChI is InChI=1S/C38H23NO/c1-2-12-27(13-3-1)39-33-17-8-15-28(37(33)31-21-19-24-9-4-5-14-29(24)38(31)39)26-20-22-34-32(23-26)30-16-6-10-25-11-7-18-35(40-34)36(25)30/h1-23H/i6D,7D,10D,11D,16D,18D. The van der Waals surface area contributed by atoms with Crippen LogP contribution in [0.25, 0.3) is 71.3 Å². The zero-order valence-corrected chi connectivity index (χ0v) is 21.2. The number of para-hydroxylation sites is 1. The molecule has 0 amide bonds. The molecule has 0 spiro atoms. The Hall–Kier alpha value is -5.34. The highest BCUT2D eigenvalue weighted by atomic mass is 16.5. The second kappa shape index (κ2) is 8.08. The van der Waals surface area contributed by atoms with Crippen LogP contribution in [-0.4, -0.2) is 4.57 Å². The minimum Gasteiger partial charge on any atom is -0.456 e. The van der Waals surface area contributed by atoms with E-state index in [4.69, 9.17) is 13.0 Å². The average Bonchev–Trinajstić information content (AvgIpc) is 3.44. The first-order valence-corrected chi connectivity index (χ1v) is 13.2. The van der Waals surface area contributed by atoms with Crippen LogP contribution in [0.2, 0.25) is 0 Å². The van der Waals surface area contributed by atoms with E-state index in [2.05, 4.69) is 59.2 Å². The van der Waals surface area contributed by atoms with Gasteiger partial charge in [0, 0.05) is 32.8 Å². The summed E-state index contributed by atoms with van der Waals surface area (Å²) in [6.45, 7) is 0. The van der Waals surface area contributed by atoms with Crippen LogP contribution in [0.5, 0.6) is 11.5 Å². The third-order valence-electron chi connectivity index (χ3n) is 7.93. The van der Waals surface area contributed by atoms with Crippen molar-refractivity contribution in [3.8, 4) is 39.4 Å². The van der Waals surface area contributed by atoms with E-state index in [0.717, 1.165) is 49.4 Å². The molecule has 1 aliphatic heterocycles. The van der Waals surface area contributed by atoms with Gasteiger partial charge in [-0.15, -0.1) is 0 Å². The molecule has 2 heteroatoms. The van der Waals surface area contributed by atoms with Crippen LogP contribution in [0.4, 0.5) is 0 Å². The fourth-order valence-corrected chi connectivity index (χ4v) is 6.22. The maximum atomic E-state index is 8.93. The quantitative estimate of drug-likeness (QED) is 0.223. The Labute approximate surface area is 239 Å². The molecule has 0 radical (unpaired) electrons. The highest BCUT2D eigenvalue weighted by Gasteiger charge is 2.22. The van der Waals surface area contributed by atoms with Crippen LogP contribution in [0.15, 0.2) is 139 Å². The van der Waals surface area contributed by atoms with E-state index >= 15 is 0 Å². The molecule has 7 aromatic carbocycles. The normalized spacial score (nSPS) is 14.3. The monoisotopic (exact) mass is 515 g/mol. The van der Waals surface area contributed by atoms with Crippen LogP contribution in [0.3, 0.4) is 0 Å². The highest BCUT2D eigenvalue weighted by Crippen LogP contribution is 2.48. The summed E-state index contributed by atoms with van der Waals surface area (Å²) in [5.74, 6) is 0.451. The first-order chi connectivity index (χ1) is 22.3. The first kappa shape index (κ1) is 16.6. The molecule has 8 aromatic rings. The molecule has 2 nitrogen and oxygen atoms in total. The Kier molecular flexibility index (Phi) is 3.35. The predicted molar refractivity (Wildman–Crippen MR) is 167 cm³/mol. The summed E-state index contributed by atoms with van der Waals surface area (Å²) >= 11 is 0. The van der Waals surface area contributed by atoms with Crippen molar-refractivity contribution in [2.24, 2.45) is 0 Å². The summed E-state index contributed by atoms with van der Waals surface area (Å²) in [5.41, 5.74) is 5.97. The van der Waals surface area contributed by atoms with Crippen molar-refractivity contribution in [2.75, 3.05) is 0 Å². The van der Waals surface area contributed by atoms with Gasteiger partial charge >= 0.3 is 0 Å². The van der Waals surface area contributed by atoms with E-state index in [-0.39, 0.29) is 52.8 Å². The molecule has 40 heavy (non-hydrogen) atoms. The van der Waals surface area contributed by atoms with Crippen molar-refractivity contribution in [3.05, 3.63) is 139 Å². The SMILES string of the molecule is [2H]c1c([2H])c2c3c(c([2H])c([2H])c([2H])c3c1[2H])-c1cc(-c3cccc4c3c3ccc5ccccc5c3n4-c3ccccc3)ccc1O2. The van der Waals surface area contributed by atoms with E-state index in [1.165, 1.54) is 0 Å². The molecule has 0 N–H and O–H groups in total. The number of rotatable bonds is 2. The first-order valence-electron chi connectivity index (χ1n) is 16.2. The van der Waals surface area contributed by atoms with Crippen molar-refractivity contribution in [2.45, 2.75) is 0 Å². The van der Waals surface area contributed by atoms with Gasteiger partial charge < -0.3 is 9.30 Å². The molecule has 0 bridgehead atoms. The molecule has 0 unspecified atom stereocenters. The number of ether oxygens (including phenoxy) is 1. The van der Waals surface area contributed by atoms with Gasteiger partial charge in [-0.1, -0.05) is 103 Å². The van der Waals surface area contributed by atoms with Crippen LogP contribution in [0.1, 0.15) is 8.22 Å². The van der Waals surface area contributed by atoms with Gasteiger partial charge in [-0.2, -0.15) is 0 Å². The molecular weight excluding hydrogens is 486 g/mol. The fourth-order valence-electron chi connectivity index (χ4n) is 6.22. The Morgan fingerprint density at radius 2 is 1.40 bits per heavy atom. The van der Waals surface area contributed by atoms with E-state index < -0.39 is 0 Å². The lowest BCUT2D eigenvalue weighted by atomic mass is 9.91. The van der Waals surface area contributed by atoms with Gasteiger partial charge in [0.1, 0.15) is 11.5 Å². The van der Waals surface area contributed by atoms with E-state index in [1.807, 2.05) is 42.5 Å². The molecule has 0 saturated carbocycles. The van der Waals surface area contributed by atoms with Gasteiger partial charge in [-0.25, -0.2) is 0 Å². The van der Waals surface area contributed by atoms with Gasteiger partial charge in [0.05, 0.1) is 19.3 Å². The summed E-state index contributed by atoms with van der Waals surface area (Å²) in [5, 5.41) is 4.80. The molecule has 0 saturated heterocycles. The summed E-state index contributed by atoms with van der Waals surface area (Å²) in [6.07, 6.45) is 0. The van der Waals surface area contributed by atoms with Gasteiger partial charge in [0.25, 0.3) is 0 Å². The van der Waals surface area contributed by atoms with Crippen LogP contribution in [-0.2, 0) is 0 Å². The molecule has 0 fully saturated rings. The summed E-state index contributed by atoms with van der Waals surface area (Å²) in [7, 11) is 0. The van der Waals surface area contributed by atoms with Crippen molar-refractivity contribution in [1.29, 1.82) is 0 Å². The van der Waals surface area contributed by atoms with Crippen molar-refractivity contribution < 1.29 is 13.0 Å². The van der Waals surface area contributed by atoms with Crippen LogP contribution in [0, 0.1) is 0 Å². The summed E-state index contributed by atoms with van der Waals surface area (Å²) in [6, 6.07) is 33.3. The van der Waals surface area contributed by atoms with Crippen molar-refractivity contribution in [3.63, 3.8) is 0 Å². The second-order valence-electron chi connectivity index (χ2n) is 10.1. The van der Waals surface area contributed by atoms with Crippen LogP contribution < -0.4 is 4.74 Å². The predicted octanol–water partition coefficient (Wildman–Crippen LogP) is 10.5. The van der Waals surface area contributed by atoms with Gasteiger partial charge in [0.2, 0.25) is 0 Å². The lowest BCUT2D eigenvalue weighted by Gasteiger charge is -2.22. The lowest BCUT2D eigenvalue weighted by molar-refractivity contribution is 0.487. The third kappa shape index (κ3) is 2.93. The molecule has 2 heterocycles. The number of hydrogen-bond donors (Lipinski definition) is 0. The molecule has 0 atom stereocenters. The van der Waals surface area contributed by atoms with Gasteiger partial charge in [0.15, 0.2) is 0 Å². The molecule has 1 aliphatic rings. The summed E-state index contributed by atoms with van der Waals surface area (Å²) in [4.78, 5) is 0. The summed E-state index contributed by atoms with van der Waals surface area (Å²) < 4.78 is 60.0. The van der Waals surface area contributed by atoms with Gasteiger partial charge in [-0.3, -0.25) is 0 Å². The van der Waals surface area contributed by atoms with Crippen molar-refractivity contribution >= 4 is 43.4 Å². The zero-order chi connectivity index (χ0) is 31.4. The van der Waals surface area contributed by atoms with E-state index in [9.17, 15) is 0 Å². The fraction of sp³-hybridized carbons (Fsp3) is 0. The topological polar surface area (TPSA) is 14.2 Å². The smallest absolute Gasteiger partial charge is 0.135 e. The maximum absolute atomic E-state index is 8.93. The Balaban J connectivity index is 1.38. The Bertz CT molecular complexity index is 2620. The van der Waals surface area contributed by atoms with E-state index in [0.29, 0.717) is 16.9 Å². The number of aromatic nitrogens is 1. The minimum atomic E-state index is -0.367. The van der Waals surface area contributed by atoms with Crippen molar-refractivity contribution in [1.82, 2.24) is 4.57 Å². The largest absolute Gasteiger partial charge is 0.456 e. The zero-order valence-electron chi connectivity index (χ0n) is 27.2. The Morgan fingerprint density at radius 1 is 0.550 bits per heavy atom. The average molecular weight is 516 g/mol. The molecular formula is C38H23NO. The Morgan fingerprint density at radius 3 is 2.33 bits per heavy atom. The lowest BCUT2D eigenvalue weighted by Crippen LogP contribution is -1.97. The number of fused-ring (bicyclic) bond motifs is 7. The molecule has 186 valence electrons. The van der Waals surface area contributed by atoms with Gasteiger partial charge in [-0.05, 0) is 63.8 Å². The molecule has 0 aliphatic carbocycles. The number of benzene rings is 7. The van der Waals surface area contributed by atoms with E-state index in [1.54, 1.807) is 6.07 Å². The second-order valence-corrected chi connectivity index (χ2v) is 10.1. The molecule has 9 rings (SSSR count).